The minimum atomic E-state index is -0.152. The van der Waals surface area contributed by atoms with Crippen LogP contribution >= 0.6 is 0 Å². The summed E-state index contributed by atoms with van der Waals surface area (Å²) in [6, 6.07) is 8.06. The van der Waals surface area contributed by atoms with Crippen LogP contribution in [-0.2, 0) is 16.0 Å². The van der Waals surface area contributed by atoms with Crippen LogP contribution in [0.2, 0.25) is 0 Å². The molecule has 0 atom stereocenters. The molecule has 17 heavy (non-hydrogen) atoms. The van der Waals surface area contributed by atoms with Gasteiger partial charge in [-0.25, -0.2) is 0 Å². The molecule has 0 radical (unpaired) electrons. The maximum atomic E-state index is 11.3. The molecule has 0 unspecified atom stereocenters. The number of aromatic nitrogens is 1. The molecule has 0 saturated carbocycles. The summed E-state index contributed by atoms with van der Waals surface area (Å²) in [6.45, 7) is 2.25. The molecule has 0 N–H and O–H groups in total. The zero-order valence-electron chi connectivity index (χ0n) is 9.85. The monoisotopic (exact) mass is 229 g/mol. The number of hydrogen-bond donors (Lipinski definition) is 0. The number of carbonyl (C=O) groups is 1. The lowest BCUT2D eigenvalue weighted by Gasteiger charge is -2.05. The summed E-state index contributed by atoms with van der Waals surface area (Å²) >= 11 is 0. The zero-order chi connectivity index (χ0) is 12.1. The normalized spacial score (nSPS) is 10.4. The number of pyridine rings is 1. The smallest absolute Gasteiger partial charge is 0.306 e. The Bertz CT molecular complexity index is 517. The summed E-state index contributed by atoms with van der Waals surface area (Å²) < 4.78 is 4.92. The third-order valence-corrected chi connectivity index (χ3v) is 2.65. The maximum Gasteiger partial charge on any atom is 0.306 e. The number of aryl methyl sites for hydroxylation is 1. The maximum absolute atomic E-state index is 11.3. The van der Waals surface area contributed by atoms with E-state index in [9.17, 15) is 4.79 Å². The van der Waals surface area contributed by atoms with Gasteiger partial charge >= 0.3 is 5.97 Å². The molecule has 2 rings (SSSR count). The highest BCUT2D eigenvalue weighted by Crippen LogP contribution is 2.18. The van der Waals surface area contributed by atoms with E-state index in [4.69, 9.17) is 4.74 Å². The molecule has 0 saturated heterocycles. The lowest BCUT2D eigenvalue weighted by Crippen LogP contribution is -2.05. The highest BCUT2D eigenvalue weighted by molar-refractivity contribution is 5.85. The minimum absolute atomic E-state index is 0.152. The van der Waals surface area contributed by atoms with Crippen LogP contribution in [0, 0.1) is 0 Å². The Morgan fingerprint density at radius 1 is 1.29 bits per heavy atom. The molecular formula is C14H15NO2. The second-order valence-corrected chi connectivity index (χ2v) is 3.82. The highest BCUT2D eigenvalue weighted by Gasteiger charge is 2.05. The standard InChI is InChI=1S/C14H15NO2/c1-2-17-14(16)8-7-12-10-15-9-11-5-3-4-6-13(11)12/h3-6,9-10H,2,7-8H2,1H3. The Labute approximate surface area is 100 Å². The Morgan fingerprint density at radius 2 is 2.12 bits per heavy atom. The quantitative estimate of drug-likeness (QED) is 0.757. The lowest BCUT2D eigenvalue weighted by atomic mass is 10.0. The Balaban J connectivity index is 2.16. The van der Waals surface area contributed by atoms with Crippen molar-refractivity contribution in [1.82, 2.24) is 4.98 Å². The van der Waals surface area contributed by atoms with Crippen LogP contribution in [0.15, 0.2) is 36.7 Å². The van der Waals surface area contributed by atoms with E-state index in [0.29, 0.717) is 19.4 Å². The first-order chi connectivity index (χ1) is 8.31. The van der Waals surface area contributed by atoms with Gasteiger partial charge in [0.15, 0.2) is 0 Å². The van der Waals surface area contributed by atoms with Crippen molar-refractivity contribution in [2.75, 3.05) is 6.61 Å². The van der Waals surface area contributed by atoms with Crippen LogP contribution in [0.4, 0.5) is 0 Å². The van der Waals surface area contributed by atoms with Crippen molar-refractivity contribution in [3.8, 4) is 0 Å². The van der Waals surface area contributed by atoms with Gasteiger partial charge < -0.3 is 4.74 Å². The third kappa shape index (κ3) is 2.81. The van der Waals surface area contributed by atoms with Crippen molar-refractivity contribution in [3.63, 3.8) is 0 Å². The molecule has 3 nitrogen and oxygen atoms in total. The van der Waals surface area contributed by atoms with Gasteiger partial charge in [-0.2, -0.15) is 0 Å². The second kappa shape index (κ2) is 5.43. The Morgan fingerprint density at radius 3 is 2.94 bits per heavy atom. The van der Waals surface area contributed by atoms with Gasteiger partial charge in [0.05, 0.1) is 6.61 Å². The molecule has 1 heterocycles. The average Bonchev–Trinajstić information content (AvgIpc) is 2.36. The molecule has 0 spiro atoms. The van der Waals surface area contributed by atoms with Crippen molar-refractivity contribution in [3.05, 3.63) is 42.2 Å². The molecule has 0 aliphatic heterocycles. The number of fused-ring (bicyclic) bond motifs is 1. The van der Waals surface area contributed by atoms with Crippen LogP contribution in [0.1, 0.15) is 18.9 Å². The van der Waals surface area contributed by atoms with Gasteiger partial charge in [-0.1, -0.05) is 24.3 Å². The fraction of sp³-hybridized carbons (Fsp3) is 0.286. The molecule has 0 fully saturated rings. The highest BCUT2D eigenvalue weighted by atomic mass is 16.5. The number of hydrogen-bond acceptors (Lipinski definition) is 3. The number of nitrogens with zero attached hydrogens (tertiary/aromatic N) is 1. The van der Waals surface area contributed by atoms with Crippen LogP contribution in [0.5, 0.6) is 0 Å². The van der Waals surface area contributed by atoms with Gasteiger partial charge in [0, 0.05) is 24.2 Å². The summed E-state index contributed by atoms with van der Waals surface area (Å²) in [6.07, 6.45) is 4.74. The predicted octanol–water partition coefficient (Wildman–Crippen LogP) is 2.73. The Kier molecular flexibility index (Phi) is 3.70. The van der Waals surface area contributed by atoms with Gasteiger partial charge in [0.25, 0.3) is 0 Å². The predicted molar refractivity (Wildman–Crippen MR) is 66.7 cm³/mol. The minimum Gasteiger partial charge on any atom is -0.466 e. The summed E-state index contributed by atoms with van der Waals surface area (Å²) in [5.74, 6) is -0.152. The molecule has 0 aliphatic carbocycles. The largest absolute Gasteiger partial charge is 0.466 e. The summed E-state index contributed by atoms with van der Waals surface area (Å²) in [7, 11) is 0. The third-order valence-electron chi connectivity index (χ3n) is 2.65. The van der Waals surface area contributed by atoms with Crippen LogP contribution in [0.3, 0.4) is 0 Å². The first-order valence-electron chi connectivity index (χ1n) is 5.78. The molecule has 88 valence electrons. The zero-order valence-corrected chi connectivity index (χ0v) is 9.85. The molecule has 1 aromatic carbocycles. The van der Waals surface area contributed by atoms with E-state index in [2.05, 4.69) is 11.1 Å². The number of carbonyl (C=O) groups excluding carboxylic acids is 1. The molecule has 3 heteroatoms. The molecule has 2 aromatic rings. The van der Waals surface area contributed by atoms with Gasteiger partial charge in [0.1, 0.15) is 0 Å². The fourth-order valence-corrected chi connectivity index (χ4v) is 1.85. The number of rotatable bonds is 4. The first-order valence-corrected chi connectivity index (χ1v) is 5.78. The molecule has 0 bridgehead atoms. The Hall–Kier alpha value is -1.90. The van der Waals surface area contributed by atoms with Gasteiger partial charge in [0.2, 0.25) is 0 Å². The van der Waals surface area contributed by atoms with E-state index in [-0.39, 0.29) is 5.97 Å². The summed E-state index contributed by atoms with van der Waals surface area (Å²) in [4.78, 5) is 15.5. The van der Waals surface area contributed by atoms with Crippen LogP contribution in [-0.4, -0.2) is 17.6 Å². The van der Waals surface area contributed by atoms with Crippen molar-refractivity contribution in [2.24, 2.45) is 0 Å². The van der Waals surface area contributed by atoms with Crippen molar-refractivity contribution in [1.29, 1.82) is 0 Å². The number of esters is 1. The summed E-state index contributed by atoms with van der Waals surface area (Å²) in [5.41, 5.74) is 1.09. The second-order valence-electron chi connectivity index (χ2n) is 3.82. The first kappa shape index (κ1) is 11.6. The fourth-order valence-electron chi connectivity index (χ4n) is 1.85. The lowest BCUT2D eigenvalue weighted by molar-refractivity contribution is -0.143. The van der Waals surface area contributed by atoms with Crippen molar-refractivity contribution < 1.29 is 9.53 Å². The van der Waals surface area contributed by atoms with E-state index >= 15 is 0 Å². The molecular weight excluding hydrogens is 214 g/mol. The van der Waals surface area contributed by atoms with E-state index < -0.39 is 0 Å². The number of benzene rings is 1. The van der Waals surface area contributed by atoms with E-state index in [1.54, 1.807) is 0 Å². The molecule has 0 amide bonds. The van der Waals surface area contributed by atoms with Crippen LogP contribution in [0.25, 0.3) is 10.8 Å². The van der Waals surface area contributed by atoms with Gasteiger partial charge in [-0.15, -0.1) is 0 Å². The van der Waals surface area contributed by atoms with E-state index in [1.807, 2.05) is 37.5 Å². The van der Waals surface area contributed by atoms with E-state index in [1.165, 1.54) is 0 Å². The summed E-state index contributed by atoms with van der Waals surface area (Å²) in [5, 5.41) is 2.26. The average molecular weight is 229 g/mol. The van der Waals surface area contributed by atoms with Crippen LogP contribution < -0.4 is 0 Å². The van der Waals surface area contributed by atoms with Gasteiger partial charge in [-0.05, 0) is 24.3 Å². The van der Waals surface area contributed by atoms with Crippen molar-refractivity contribution >= 4 is 16.7 Å². The number of ether oxygens (including phenoxy) is 1. The molecule has 0 aliphatic rings. The van der Waals surface area contributed by atoms with Crippen molar-refractivity contribution in [2.45, 2.75) is 19.8 Å². The SMILES string of the molecule is CCOC(=O)CCc1cncc2ccccc12. The van der Waals surface area contributed by atoms with Gasteiger partial charge in [-0.3, -0.25) is 9.78 Å². The van der Waals surface area contributed by atoms with E-state index in [0.717, 1.165) is 16.3 Å². The molecule has 1 aromatic heterocycles. The topological polar surface area (TPSA) is 39.2 Å².